The first kappa shape index (κ1) is 15.5. The van der Waals surface area contributed by atoms with Crippen LogP contribution in [0, 0.1) is 0 Å². The summed E-state index contributed by atoms with van der Waals surface area (Å²) in [6.45, 7) is 5.71. The molecule has 1 aromatic heterocycles. The molecule has 0 amide bonds. The molecule has 1 rings (SSSR count). The predicted octanol–water partition coefficient (Wildman–Crippen LogP) is 3.94. The second-order valence-corrected chi connectivity index (χ2v) is 6.24. The van der Waals surface area contributed by atoms with Crippen LogP contribution < -0.4 is 5.32 Å². The Kier molecular flexibility index (Phi) is 10.1. The number of rotatable bonds is 7. The molecular formula is C10H15BrClNS2. The van der Waals surface area contributed by atoms with E-state index < -0.39 is 0 Å². The molecule has 1 heterocycles. The highest BCUT2D eigenvalue weighted by atomic mass is 79.9. The highest BCUT2D eigenvalue weighted by molar-refractivity contribution is 9.11. The zero-order valence-electron chi connectivity index (χ0n) is 8.37. The Morgan fingerprint density at radius 2 is 2.40 bits per heavy atom. The molecule has 15 heavy (non-hydrogen) atoms. The average Bonchev–Trinajstić information content (AvgIpc) is 2.58. The van der Waals surface area contributed by atoms with Gasteiger partial charge in [0.05, 0.1) is 3.79 Å². The van der Waals surface area contributed by atoms with Crippen LogP contribution in [0.1, 0.15) is 5.56 Å². The van der Waals surface area contributed by atoms with E-state index >= 15 is 0 Å². The van der Waals surface area contributed by atoms with Crippen LogP contribution in [-0.2, 0) is 6.54 Å². The Labute approximate surface area is 114 Å². The maximum atomic E-state index is 3.68. The van der Waals surface area contributed by atoms with Crippen molar-refractivity contribution in [1.29, 1.82) is 0 Å². The first-order chi connectivity index (χ1) is 6.83. The van der Waals surface area contributed by atoms with Gasteiger partial charge in [-0.1, -0.05) is 6.08 Å². The largest absolute Gasteiger partial charge is 0.312 e. The van der Waals surface area contributed by atoms with Gasteiger partial charge in [-0.15, -0.1) is 30.3 Å². The fraction of sp³-hybridized carbons (Fsp3) is 0.400. The van der Waals surface area contributed by atoms with E-state index in [-0.39, 0.29) is 12.4 Å². The van der Waals surface area contributed by atoms with Crippen LogP contribution in [-0.4, -0.2) is 18.1 Å². The van der Waals surface area contributed by atoms with Gasteiger partial charge in [-0.2, -0.15) is 11.8 Å². The minimum Gasteiger partial charge on any atom is -0.312 e. The molecule has 0 atom stereocenters. The van der Waals surface area contributed by atoms with E-state index in [4.69, 9.17) is 0 Å². The fourth-order valence-electron chi connectivity index (χ4n) is 0.982. The molecule has 0 bridgehead atoms. The second kappa shape index (κ2) is 9.73. The summed E-state index contributed by atoms with van der Waals surface area (Å²) in [7, 11) is 0. The first-order valence-electron chi connectivity index (χ1n) is 4.45. The molecule has 1 nitrogen and oxygen atoms in total. The molecular weight excluding hydrogens is 314 g/mol. The zero-order chi connectivity index (χ0) is 10.2. The van der Waals surface area contributed by atoms with Crippen molar-refractivity contribution in [1.82, 2.24) is 5.32 Å². The van der Waals surface area contributed by atoms with Gasteiger partial charge < -0.3 is 5.32 Å². The lowest BCUT2D eigenvalue weighted by Crippen LogP contribution is -2.16. The van der Waals surface area contributed by atoms with Crippen molar-refractivity contribution >= 4 is 51.4 Å². The summed E-state index contributed by atoms with van der Waals surface area (Å²) in [6, 6.07) is 2.16. The van der Waals surface area contributed by atoms with Gasteiger partial charge >= 0.3 is 0 Å². The van der Waals surface area contributed by atoms with E-state index in [0.717, 1.165) is 24.6 Å². The Balaban J connectivity index is 0.00000196. The lowest BCUT2D eigenvalue weighted by atomic mass is 10.3. The Bertz CT molecular complexity index is 278. The Morgan fingerprint density at radius 1 is 1.60 bits per heavy atom. The van der Waals surface area contributed by atoms with Crippen molar-refractivity contribution in [2.45, 2.75) is 6.54 Å². The van der Waals surface area contributed by atoms with Crippen LogP contribution in [0.5, 0.6) is 0 Å². The van der Waals surface area contributed by atoms with Crippen molar-refractivity contribution < 1.29 is 0 Å². The molecule has 0 unspecified atom stereocenters. The zero-order valence-corrected chi connectivity index (χ0v) is 12.4. The second-order valence-electron chi connectivity index (χ2n) is 2.80. The third-order valence-corrected chi connectivity index (χ3v) is 4.13. The molecule has 5 heteroatoms. The van der Waals surface area contributed by atoms with Crippen LogP contribution in [0.25, 0.3) is 0 Å². The van der Waals surface area contributed by atoms with Gasteiger partial charge in [0.15, 0.2) is 0 Å². The summed E-state index contributed by atoms with van der Waals surface area (Å²) in [5.74, 6) is 2.20. The predicted molar refractivity (Wildman–Crippen MR) is 78.5 cm³/mol. The third kappa shape index (κ3) is 7.41. The third-order valence-electron chi connectivity index (χ3n) is 1.61. The van der Waals surface area contributed by atoms with Gasteiger partial charge in [-0.25, -0.2) is 0 Å². The molecule has 0 saturated heterocycles. The molecule has 86 valence electrons. The van der Waals surface area contributed by atoms with Crippen molar-refractivity contribution in [2.24, 2.45) is 0 Å². The van der Waals surface area contributed by atoms with Gasteiger partial charge in [-0.05, 0) is 32.9 Å². The molecule has 1 aromatic rings. The van der Waals surface area contributed by atoms with E-state index in [0.29, 0.717) is 0 Å². The molecule has 0 radical (unpaired) electrons. The molecule has 0 aromatic carbocycles. The van der Waals surface area contributed by atoms with E-state index in [1.54, 1.807) is 11.3 Å². The normalized spacial score (nSPS) is 9.67. The Morgan fingerprint density at radius 3 is 3.00 bits per heavy atom. The van der Waals surface area contributed by atoms with Crippen molar-refractivity contribution in [3.8, 4) is 0 Å². The van der Waals surface area contributed by atoms with E-state index in [1.807, 2.05) is 17.8 Å². The quantitative estimate of drug-likeness (QED) is 0.601. The molecule has 0 fully saturated rings. The molecule has 0 spiro atoms. The Hall–Kier alpha value is 0.520. The van der Waals surface area contributed by atoms with E-state index in [1.165, 1.54) is 9.35 Å². The van der Waals surface area contributed by atoms with Gasteiger partial charge in [-0.3, -0.25) is 0 Å². The highest BCUT2D eigenvalue weighted by Gasteiger charge is 1.95. The number of nitrogens with one attached hydrogen (secondary N) is 1. The fourth-order valence-corrected chi connectivity index (χ4v) is 2.81. The summed E-state index contributed by atoms with van der Waals surface area (Å²) >= 11 is 7.09. The van der Waals surface area contributed by atoms with Gasteiger partial charge in [0.25, 0.3) is 0 Å². The first-order valence-corrected chi connectivity index (χ1v) is 7.28. The van der Waals surface area contributed by atoms with Crippen LogP contribution in [0.4, 0.5) is 0 Å². The molecule has 0 aliphatic rings. The molecule has 0 saturated carbocycles. The number of thioether (sulfide) groups is 1. The van der Waals surface area contributed by atoms with E-state index in [2.05, 4.69) is 39.3 Å². The van der Waals surface area contributed by atoms with Crippen molar-refractivity contribution in [3.63, 3.8) is 0 Å². The smallest absolute Gasteiger partial charge is 0.0701 e. The molecule has 0 aliphatic heterocycles. The lowest BCUT2D eigenvalue weighted by Gasteiger charge is -2.01. The van der Waals surface area contributed by atoms with Crippen molar-refractivity contribution in [3.05, 3.63) is 33.5 Å². The van der Waals surface area contributed by atoms with Crippen LogP contribution in [0.3, 0.4) is 0 Å². The maximum Gasteiger partial charge on any atom is 0.0701 e. The van der Waals surface area contributed by atoms with Crippen LogP contribution >= 0.6 is 51.4 Å². The average molecular weight is 329 g/mol. The minimum atomic E-state index is 0. The topological polar surface area (TPSA) is 12.0 Å². The van der Waals surface area contributed by atoms with Gasteiger partial charge in [0, 0.05) is 24.6 Å². The summed E-state index contributed by atoms with van der Waals surface area (Å²) in [4.78, 5) is 0. The summed E-state index contributed by atoms with van der Waals surface area (Å²) in [5.41, 5.74) is 1.36. The standard InChI is InChI=1S/C10H14BrNS2.ClH/c1-2-4-13-5-3-12-7-9-6-10(11)14-8-9;/h2,6,8,12H,1,3-5,7H2;1H. The summed E-state index contributed by atoms with van der Waals surface area (Å²) in [6.07, 6.45) is 1.95. The number of halogens is 2. The van der Waals surface area contributed by atoms with E-state index in [9.17, 15) is 0 Å². The summed E-state index contributed by atoms with van der Waals surface area (Å²) in [5, 5.41) is 5.58. The number of thiophene rings is 1. The molecule has 1 N–H and O–H groups in total. The number of hydrogen-bond donors (Lipinski definition) is 1. The number of hydrogen-bond acceptors (Lipinski definition) is 3. The lowest BCUT2D eigenvalue weighted by molar-refractivity contribution is 0.734. The van der Waals surface area contributed by atoms with Gasteiger partial charge in [0.2, 0.25) is 0 Å². The maximum absolute atomic E-state index is 3.68. The van der Waals surface area contributed by atoms with Crippen molar-refractivity contribution in [2.75, 3.05) is 18.1 Å². The summed E-state index contributed by atoms with van der Waals surface area (Å²) < 4.78 is 1.20. The van der Waals surface area contributed by atoms with Crippen LogP contribution in [0.15, 0.2) is 27.9 Å². The monoisotopic (exact) mass is 327 g/mol. The van der Waals surface area contributed by atoms with Gasteiger partial charge in [0.1, 0.15) is 0 Å². The SMILES string of the molecule is C=CCSCCNCc1csc(Br)c1.Cl. The minimum absolute atomic E-state index is 0. The van der Waals surface area contributed by atoms with Crippen LogP contribution in [0.2, 0.25) is 0 Å². The molecule has 0 aliphatic carbocycles. The highest BCUT2D eigenvalue weighted by Crippen LogP contribution is 2.20.